The van der Waals surface area contributed by atoms with Crippen LogP contribution >= 0.6 is 15.9 Å². The molecular weight excluding hydrogens is 426 g/mol. The first-order valence-electron chi connectivity index (χ1n) is 9.94. The lowest BCUT2D eigenvalue weighted by Gasteiger charge is -2.30. The monoisotopic (exact) mass is 447 g/mol. The smallest absolute Gasteiger partial charge is 0.261 e. The van der Waals surface area contributed by atoms with Crippen LogP contribution < -0.4 is 9.64 Å². The molecule has 1 saturated carbocycles. The van der Waals surface area contributed by atoms with Crippen molar-refractivity contribution in [3.05, 3.63) is 33.8 Å². The van der Waals surface area contributed by atoms with E-state index in [1.165, 1.54) is 4.90 Å². The zero-order valence-corrected chi connectivity index (χ0v) is 17.1. The van der Waals surface area contributed by atoms with Crippen molar-refractivity contribution < 1.29 is 23.8 Å². The highest BCUT2D eigenvalue weighted by Crippen LogP contribution is 2.43. The van der Waals surface area contributed by atoms with Crippen LogP contribution in [0.1, 0.15) is 44.9 Å². The number of halogens is 1. The standard InChI is InChI=1S/C21H22BrNO5/c22-16-8-7-13(23-19(24)14-4-1-2-5-15(14)20(23)25)12-17(16)28-18-6-3-9-21(18)26-10-11-27-21/h7-8,12,18H,1-6,9-11H2. The van der Waals surface area contributed by atoms with Crippen molar-refractivity contribution in [2.24, 2.45) is 0 Å². The van der Waals surface area contributed by atoms with Gasteiger partial charge >= 0.3 is 0 Å². The van der Waals surface area contributed by atoms with Crippen LogP contribution in [0.15, 0.2) is 33.8 Å². The number of carbonyl (C=O) groups excluding carboxylic acids is 2. The molecule has 0 aromatic heterocycles. The zero-order valence-electron chi connectivity index (χ0n) is 15.5. The number of rotatable bonds is 3. The molecule has 1 aromatic rings. The highest BCUT2D eigenvalue weighted by atomic mass is 79.9. The van der Waals surface area contributed by atoms with Crippen LogP contribution in [-0.2, 0) is 19.1 Å². The van der Waals surface area contributed by atoms with Gasteiger partial charge in [0.05, 0.1) is 23.4 Å². The maximum atomic E-state index is 12.9. The summed E-state index contributed by atoms with van der Waals surface area (Å²) in [6.45, 7) is 1.16. The van der Waals surface area contributed by atoms with E-state index in [1.807, 2.05) is 6.07 Å². The third kappa shape index (κ3) is 2.83. The quantitative estimate of drug-likeness (QED) is 0.657. The number of benzene rings is 1. The van der Waals surface area contributed by atoms with Crippen molar-refractivity contribution in [1.29, 1.82) is 0 Å². The van der Waals surface area contributed by atoms with Crippen molar-refractivity contribution in [3.63, 3.8) is 0 Å². The third-order valence-electron chi connectivity index (χ3n) is 6.09. The molecule has 1 spiro atoms. The first kappa shape index (κ1) is 18.3. The number of carbonyl (C=O) groups is 2. The summed E-state index contributed by atoms with van der Waals surface area (Å²) in [5, 5.41) is 0. The molecule has 2 aliphatic carbocycles. The number of ether oxygens (including phenoxy) is 3. The van der Waals surface area contributed by atoms with Crippen LogP contribution in [-0.4, -0.2) is 36.9 Å². The topological polar surface area (TPSA) is 65.1 Å². The Kier molecular flexibility index (Phi) is 4.56. The molecule has 2 amide bonds. The van der Waals surface area contributed by atoms with Crippen molar-refractivity contribution in [2.75, 3.05) is 18.1 Å². The van der Waals surface area contributed by atoms with Gasteiger partial charge in [0, 0.05) is 23.6 Å². The van der Waals surface area contributed by atoms with E-state index in [0.29, 0.717) is 48.6 Å². The summed E-state index contributed by atoms with van der Waals surface area (Å²) in [5.74, 6) is -0.455. The molecule has 2 fully saturated rings. The van der Waals surface area contributed by atoms with E-state index < -0.39 is 5.79 Å². The predicted molar refractivity (Wildman–Crippen MR) is 105 cm³/mol. The highest BCUT2D eigenvalue weighted by Gasteiger charge is 2.50. The Morgan fingerprint density at radius 3 is 2.39 bits per heavy atom. The minimum Gasteiger partial charge on any atom is -0.484 e. The molecule has 2 aliphatic heterocycles. The van der Waals surface area contributed by atoms with Gasteiger partial charge in [-0.1, -0.05) is 0 Å². The summed E-state index contributed by atoms with van der Waals surface area (Å²) in [6, 6.07) is 5.36. The van der Waals surface area contributed by atoms with Crippen LogP contribution in [0, 0.1) is 0 Å². The summed E-state index contributed by atoms with van der Waals surface area (Å²) in [4.78, 5) is 27.0. The second kappa shape index (κ2) is 6.97. The average molecular weight is 448 g/mol. The van der Waals surface area contributed by atoms with E-state index in [9.17, 15) is 9.59 Å². The van der Waals surface area contributed by atoms with Gasteiger partial charge < -0.3 is 14.2 Å². The number of nitrogens with zero attached hydrogens (tertiary/aromatic N) is 1. The maximum absolute atomic E-state index is 12.9. The van der Waals surface area contributed by atoms with Crippen molar-refractivity contribution in [2.45, 2.75) is 56.8 Å². The first-order valence-corrected chi connectivity index (χ1v) is 10.7. The highest BCUT2D eigenvalue weighted by molar-refractivity contribution is 9.10. The molecule has 2 heterocycles. The van der Waals surface area contributed by atoms with E-state index >= 15 is 0 Å². The van der Waals surface area contributed by atoms with Crippen molar-refractivity contribution >= 4 is 33.4 Å². The molecule has 1 unspecified atom stereocenters. The molecule has 0 N–H and O–H groups in total. The summed E-state index contributed by atoms with van der Waals surface area (Å²) in [7, 11) is 0. The average Bonchev–Trinajstić information content (AvgIpc) is 3.40. The van der Waals surface area contributed by atoms with E-state index in [1.54, 1.807) is 12.1 Å². The Hall–Kier alpha value is -1.70. The fourth-order valence-electron chi connectivity index (χ4n) is 4.71. The van der Waals surface area contributed by atoms with Crippen LogP contribution in [0.2, 0.25) is 0 Å². The second-order valence-electron chi connectivity index (χ2n) is 7.73. The molecule has 28 heavy (non-hydrogen) atoms. The lowest BCUT2D eigenvalue weighted by molar-refractivity contribution is -0.197. The molecule has 1 saturated heterocycles. The lowest BCUT2D eigenvalue weighted by atomic mass is 9.93. The Labute approximate surface area is 171 Å². The fraction of sp³-hybridized carbons (Fsp3) is 0.524. The summed E-state index contributed by atoms with van der Waals surface area (Å²) < 4.78 is 18.8. The van der Waals surface area contributed by atoms with Gasteiger partial charge in [-0.3, -0.25) is 9.59 Å². The predicted octanol–water partition coefficient (Wildman–Crippen LogP) is 3.87. The van der Waals surface area contributed by atoms with Crippen LogP contribution in [0.3, 0.4) is 0 Å². The van der Waals surface area contributed by atoms with Gasteiger partial charge in [0.25, 0.3) is 11.8 Å². The van der Waals surface area contributed by atoms with Crippen LogP contribution in [0.25, 0.3) is 0 Å². The molecule has 148 valence electrons. The van der Waals surface area contributed by atoms with Crippen LogP contribution in [0.5, 0.6) is 5.75 Å². The summed E-state index contributed by atoms with van der Waals surface area (Å²) in [5.41, 5.74) is 1.91. The van der Waals surface area contributed by atoms with Gasteiger partial charge in [-0.15, -0.1) is 0 Å². The molecular formula is C21H22BrNO5. The Balaban J connectivity index is 1.42. The minimum atomic E-state index is -0.671. The van der Waals surface area contributed by atoms with E-state index in [0.717, 1.165) is 36.6 Å². The molecule has 7 heteroatoms. The van der Waals surface area contributed by atoms with E-state index in [-0.39, 0.29) is 17.9 Å². The Morgan fingerprint density at radius 2 is 1.71 bits per heavy atom. The van der Waals surface area contributed by atoms with Gasteiger partial charge in [0.2, 0.25) is 5.79 Å². The maximum Gasteiger partial charge on any atom is 0.261 e. The SMILES string of the molecule is O=C1C2=C(CCCC2)C(=O)N1c1ccc(Br)c(OC2CCCC23OCCO3)c1. The van der Waals surface area contributed by atoms with Gasteiger partial charge in [-0.2, -0.15) is 0 Å². The molecule has 6 nitrogen and oxygen atoms in total. The van der Waals surface area contributed by atoms with Crippen molar-refractivity contribution in [1.82, 2.24) is 0 Å². The van der Waals surface area contributed by atoms with Crippen LogP contribution in [0.4, 0.5) is 5.69 Å². The first-order chi connectivity index (χ1) is 13.6. The molecule has 0 bridgehead atoms. The molecule has 1 atom stereocenters. The van der Waals surface area contributed by atoms with Crippen molar-refractivity contribution in [3.8, 4) is 5.75 Å². The minimum absolute atomic E-state index is 0.187. The molecule has 4 aliphatic rings. The Bertz CT molecular complexity index is 840. The number of amides is 2. The van der Waals surface area contributed by atoms with E-state index in [4.69, 9.17) is 14.2 Å². The lowest BCUT2D eigenvalue weighted by Crippen LogP contribution is -2.42. The number of anilines is 1. The summed E-state index contributed by atoms with van der Waals surface area (Å²) >= 11 is 3.53. The molecule has 5 rings (SSSR count). The van der Waals surface area contributed by atoms with Gasteiger partial charge in [-0.25, -0.2) is 4.90 Å². The number of hydrogen-bond donors (Lipinski definition) is 0. The second-order valence-corrected chi connectivity index (χ2v) is 8.59. The number of imide groups is 1. The van der Waals surface area contributed by atoms with Gasteiger partial charge in [-0.05, 0) is 66.6 Å². The molecule has 0 radical (unpaired) electrons. The Morgan fingerprint density at radius 1 is 1.04 bits per heavy atom. The number of hydrogen-bond acceptors (Lipinski definition) is 5. The van der Waals surface area contributed by atoms with Gasteiger partial charge in [0.1, 0.15) is 5.75 Å². The summed E-state index contributed by atoms with van der Waals surface area (Å²) in [6.07, 6.45) is 5.72. The fourth-order valence-corrected chi connectivity index (χ4v) is 5.05. The van der Waals surface area contributed by atoms with Gasteiger partial charge in [0.15, 0.2) is 6.10 Å². The molecule has 1 aromatic carbocycles. The normalized spacial score (nSPS) is 26.5. The largest absolute Gasteiger partial charge is 0.484 e. The third-order valence-corrected chi connectivity index (χ3v) is 6.75. The van der Waals surface area contributed by atoms with E-state index in [2.05, 4.69) is 15.9 Å². The zero-order chi connectivity index (χ0) is 19.3.